The smallest absolute Gasteiger partial charge is 0.246 e. The van der Waals surface area contributed by atoms with E-state index in [9.17, 15) is 13.2 Å². The first-order valence-electron chi connectivity index (χ1n) is 9.66. The third kappa shape index (κ3) is 5.68. The molecule has 0 radical (unpaired) electrons. The van der Waals surface area contributed by atoms with Crippen LogP contribution in [0.5, 0.6) is 0 Å². The molecular formula is C20H25ClN4O3S. The maximum atomic E-state index is 12.7. The zero-order valence-electron chi connectivity index (χ0n) is 16.1. The lowest BCUT2D eigenvalue weighted by Gasteiger charge is -2.30. The fourth-order valence-corrected chi connectivity index (χ4v) is 5.19. The topological polar surface area (TPSA) is 91.4 Å². The number of anilines is 1. The van der Waals surface area contributed by atoms with E-state index in [1.54, 1.807) is 6.07 Å². The van der Waals surface area contributed by atoms with Gasteiger partial charge in [0.05, 0.1) is 0 Å². The molecule has 1 saturated heterocycles. The monoisotopic (exact) mass is 436 g/mol. The molecule has 0 bridgehead atoms. The number of para-hydroxylation sites is 1. The summed E-state index contributed by atoms with van der Waals surface area (Å²) in [5, 5.41) is 6.22. The van der Waals surface area contributed by atoms with Crippen LogP contribution in [0.25, 0.3) is 0 Å². The first-order chi connectivity index (χ1) is 14.0. The Kier molecular flexibility index (Phi) is 7.46. The number of nitrogens with zero attached hydrogens (tertiary/aromatic N) is 2. The number of nitrogens with one attached hydrogen (secondary N) is 2. The van der Waals surface area contributed by atoms with E-state index in [1.807, 2.05) is 30.3 Å². The molecule has 0 unspecified atom stereocenters. The van der Waals surface area contributed by atoms with Crippen LogP contribution in [0.4, 0.5) is 5.69 Å². The van der Waals surface area contributed by atoms with Crippen LogP contribution in [0.15, 0.2) is 53.6 Å². The van der Waals surface area contributed by atoms with Crippen molar-refractivity contribution >= 4 is 33.2 Å². The molecule has 2 aromatic rings. The number of amides is 1. The van der Waals surface area contributed by atoms with Crippen LogP contribution in [0.2, 0.25) is 5.15 Å². The Morgan fingerprint density at radius 3 is 2.52 bits per heavy atom. The van der Waals surface area contributed by atoms with E-state index in [1.165, 1.54) is 16.6 Å². The average Bonchev–Trinajstić information content (AvgIpc) is 2.74. The fraction of sp³-hybridized carbons (Fsp3) is 0.400. The van der Waals surface area contributed by atoms with Crippen molar-refractivity contribution in [3.8, 4) is 0 Å². The number of carbonyl (C=O) groups excluding carboxylic acids is 1. The van der Waals surface area contributed by atoms with Crippen molar-refractivity contribution in [2.75, 3.05) is 31.5 Å². The van der Waals surface area contributed by atoms with Crippen molar-refractivity contribution in [2.24, 2.45) is 5.92 Å². The van der Waals surface area contributed by atoms with Crippen molar-refractivity contribution in [1.29, 1.82) is 0 Å². The zero-order chi connectivity index (χ0) is 20.7. The Labute approximate surface area is 176 Å². The predicted molar refractivity (Wildman–Crippen MR) is 113 cm³/mol. The fourth-order valence-electron chi connectivity index (χ4n) is 3.29. The lowest BCUT2D eigenvalue weighted by Crippen LogP contribution is -2.43. The second-order valence-corrected chi connectivity index (χ2v) is 9.17. The average molecular weight is 437 g/mol. The second kappa shape index (κ2) is 10.0. The van der Waals surface area contributed by atoms with Gasteiger partial charge in [0.2, 0.25) is 15.9 Å². The Bertz CT molecular complexity index is 916. The highest BCUT2D eigenvalue weighted by Crippen LogP contribution is 2.27. The Balaban J connectivity index is 1.41. The van der Waals surface area contributed by atoms with Crippen molar-refractivity contribution in [3.63, 3.8) is 0 Å². The van der Waals surface area contributed by atoms with Gasteiger partial charge in [0.1, 0.15) is 10.0 Å². The summed E-state index contributed by atoms with van der Waals surface area (Å²) in [5.41, 5.74) is 1.06. The molecule has 7 nitrogen and oxygen atoms in total. The molecule has 2 N–H and O–H groups in total. The van der Waals surface area contributed by atoms with Crippen LogP contribution in [0.1, 0.15) is 19.3 Å². The minimum Gasteiger partial charge on any atom is -0.385 e. The van der Waals surface area contributed by atoms with Crippen LogP contribution in [0, 0.1) is 5.92 Å². The molecular weight excluding hydrogens is 412 g/mol. The van der Waals surface area contributed by atoms with Gasteiger partial charge in [-0.15, -0.1) is 0 Å². The summed E-state index contributed by atoms with van der Waals surface area (Å²) in [7, 11) is -3.69. The molecule has 9 heteroatoms. The summed E-state index contributed by atoms with van der Waals surface area (Å²) in [6.07, 6.45) is 3.25. The zero-order valence-corrected chi connectivity index (χ0v) is 17.6. The van der Waals surface area contributed by atoms with Gasteiger partial charge in [0.15, 0.2) is 0 Å². The molecule has 1 amide bonds. The van der Waals surface area contributed by atoms with Gasteiger partial charge in [-0.1, -0.05) is 29.8 Å². The number of benzene rings is 1. The summed E-state index contributed by atoms with van der Waals surface area (Å²) in [4.78, 5) is 16.2. The number of rotatable bonds is 8. The molecule has 0 atom stereocenters. The van der Waals surface area contributed by atoms with Gasteiger partial charge in [-0.25, -0.2) is 13.4 Å². The van der Waals surface area contributed by atoms with Gasteiger partial charge in [-0.05, 0) is 43.5 Å². The first-order valence-corrected chi connectivity index (χ1v) is 11.5. The maximum Gasteiger partial charge on any atom is 0.246 e. The van der Waals surface area contributed by atoms with Gasteiger partial charge < -0.3 is 10.6 Å². The number of hydrogen-bond acceptors (Lipinski definition) is 5. The van der Waals surface area contributed by atoms with Gasteiger partial charge in [0.25, 0.3) is 0 Å². The van der Waals surface area contributed by atoms with Crippen molar-refractivity contribution < 1.29 is 13.2 Å². The molecule has 1 aliphatic heterocycles. The number of carbonyl (C=O) groups is 1. The van der Waals surface area contributed by atoms with Crippen molar-refractivity contribution in [2.45, 2.75) is 24.2 Å². The molecule has 1 aliphatic rings. The molecule has 0 saturated carbocycles. The third-order valence-corrected chi connectivity index (χ3v) is 7.27. The minimum atomic E-state index is -3.69. The SMILES string of the molecule is O=C(NCCCNc1ccccc1)C1CCN(S(=O)(=O)c2cccnc2Cl)CC1. The highest BCUT2D eigenvalue weighted by atomic mass is 35.5. The van der Waals surface area contributed by atoms with Crippen LogP contribution in [-0.2, 0) is 14.8 Å². The van der Waals surface area contributed by atoms with Crippen LogP contribution in [0.3, 0.4) is 0 Å². The summed E-state index contributed by atoms with van der Waals surface area (Å²) in [6.45, 7) is 1.94. The van der Waals surface area contributed by atoms with Crippen molar-refractivity contribution in [1.82, 2.24) is 14.6 Å². The van der Waals surface area contributed by atoms with Gasteiger partial charge in [0, 0.05) is 44.0 Å². The molecule has 1 aromatic carbocycles. The summed E-state index contributed by atoms with van der Waals surface area (Å²) >= 11 is 5.94. The summed E-state index contributed by atoms with van der Waals surface area (Å²) < 4.78 is 26.9. The molecule has 3 rings (SSSR count). The van der Waals surface area contributed by atoms with Crippen LogP contribution >= 0.6 is 11.6 Å². The standard InChI is InChI=1S/C20H25ClN4O3S/c21-19-18(8-4-11-23-19)29(27,28)25-14-9-16(10-15-25)20(26)24-13-5-12-22-17-6-2-1-3-7-17/h1-4,6-8,11,16,22H,5,9-10,12-15H2,(H,24,26). The number of hydrogen-bond donors (Lipinski definition) is 2. The van der Waals surface area contributed by atoms with E-state index >= 15 is 0 Å². The number of sulfonamides is 1. The van der Waals surface area contributed by atoms with E-state index < -0.39 is 10.0 Å². The molecule has 1 aromatic heterocycles. The van der Waals surface area contributed by atoms with E-state index in [-0.39, 0.29) is 21.9 Å². The summed E-state index contributed by atoms with van der Waals surface area (Å²) in [5.74, 6) is -0.186. The van der Waals surface area contributed by atoms with E-state index in [2.05, 4.69) is 15.6 Å². The van der Waals surface area contributed by atoms with Crippen LogP contribution in [-0.4, -0.2) is 49.8 Å². The number of halogens is 1. The molecule has 0 spiro atoms. The normalized spacial score (nSPS) is 15.8. The molecule has 2 heterocycles. The quantitative estimate of drug-likeness (QED) is 0.490. The lowest BCUT2D eigenvalue weighted by atomic mass is 9.97. The second-order valence-electron chi connectivity index (χ2n) is 6.91. The van der Waals surface area contributed by atoms with Gasteiger partial charge in [-0.2, -0.15) is 4.31 Å². The molecule has 1 fully saturated rings. The predicted octanol–water partition coefficient (Wildman–Crippen LogP) is 2.75. The number of pyridine rings is 1. The van der Waals surface area contributed by atoms with E-state index in [0.717, 1.165) is 18.7 Å². The molecule has 0 aliphatic carbocycles. The first kappa shape index (κ1) is 21.5. The number of piperidine rings is 1. The van der Waals surface area contributed by atoms with E-state index in [4.69, 9.17) is 11.6 Å². The van der Waals surface area contributed by atoms with E-state index in [0.29, 0.717) is 32.5 Å². The van der Waals surface area contributed by atoms with Crippen molar-refractivity contribution in [3.05, 3.63) is 53.8 Å². The number of aromatic nitrogens is 1. The molecule has 156 valence electrons. The third-order valence-electron chi connectivity index (χ3n) is 4.92. The Hall–Kier alpha value is -2.16. The Morgan fingerprint density at radius 2 is 1.83 bits per heavy atom. The lowest BCUT2D eigenvalue weighted by molar-refractivity contribution is -0.126. The van der Waals surface area contributed by atoms with Gasteiger partial charge in [-0.3, -0.25) is 4.79 Å². The van der Waals surface area contributed by atoms with Gasteiger partial charge >= 0.3 is 0 Å². The summed E-state index contributed by atoms with van der Waals surface area (Å²) in [6, 6.07) is 12.9. The Morgan fingerprint density at radius 1 is 1.10 bits per heavy atom. The highest BCUT2D eigenvalue weighted by molar-refractivity contribution is 7.89. The maximum absolute atomic E-state index is 12.7. The minimum absolute atomic E-state index is 0.00971. The highest BCUT2D eigenvalue weighted by Gasteiger charge is 2.33. The largest absolute Gasteiger partial charge is 0.385 e. The van der Waals surface area contributed by atoms with Crippen LogP contribution < -0.4 is 10.6 Å². The molecule has 29 heavy (non-hydrogen) atoms.